The summed E-state index contributed by atoms with van der Waals surface area (Å²) in [5.74, 6) is -0.346. The number of rotatable bonds is 6. The Morgan fingerprint density at radius 1 is 1.15 bits per heavy atom. The van der Waals surface area contributed by atoms with Gasteiger partial charge in [0.15, 0.2) is 6.61 Å². The van der Waals surface area contributed by atoms with Crippen LogP contribution < -0.4 is 15.4 Å². The van der Waals surface area contributed by atoms with Crippen LogP contribution in [-0.4, -0.2) is 75.3 Å². The first-order valence-corrected chi connectivity index (χ1v) is 13.4. The van der Waals surface area contributed by atoms with Gasteiger partial charge in [0.1, 0.15) is 5.75 Å². The molecule has 2 N–H and O–H groups in total. The van der Waals surface area contributed by atoms with Crippen molar-refractivity contribution in [2.75, 3.05) is 51.2 Å². The molecule has 0 saturated carbocycles. The molecule has 4 rings (SSSR count). The Hall–Kier alpha value is -2.17. The number of carbonyl (C=O) groups is 2. The molecular weight excluding hydrogens is 444 g/mol. The van der Waals surface area contributed by atoms with E-state index in [1.165, 1.54) is 36.1 Å². The standard InChI is InChI=1S/C23H34N4O5S/c1-17-13-19-20(32-16-22(28)25-19)14-21(17)33(30,31)27-11-6-7-18(15-27)23(29)24-8-12-26-9-4-2-3-5-10-26/h13-14,18H,2-12,15-16H2,1H3,(H,24,29)(H,25,28)/t18-/m1/s1. The number of likely N-dealkylation sites (tertiary alicyclic amines) is 1. The molecule has 1 aromatic rings. The second-order valence-electron chi connectivity index (χ2n) is 9.20. The average Bonchev–Trinajstić information content (AvgIpc) is 3.07. The van der Waals surface area contributed by atoms with Crippen molar-refractivity contribution in [2.24, 2.45) is 5.92 Å². The van der Waals surface area contributed by atoms with E-state index in [0.29, 0.717) is 42.9 Å². The lowest BCUT2D eigenvalue weighted by atomic mass is 9.99. The van der Waals surface area contributed by atoms with Crippen LogP contribution in [0.4, 0.5) is 5.69 Å². The molecule has 9 nitrogen and oxygen atoms in total. The molecule has 10 heteroatoms. The van der Waals surface area contributed by atoms with Gasteiger partial charge in [-0.05, 0) is 57.3 Å². The normalized spacial score (nSPS) is 22.6. The fraction of sp³-hybridized carbons (Fsp3) is 0.652. The summed E-state index contributed by atoms with van der Waals surface area (Å²) in [6, 6.07) is 3.10. The van der Waals surface area contributed by atoms with Gasteiger partial charge in [0.2, 0.25) is 15.9 Å². The first-order valence-electron chi connectivity index (χ1n) is 11.9. The molecule has 33 heavy (non-hydrogen) atoms. The number of ether oxygens (including phenoxy) is 1. The lowest BCUT2D eigenvalue weighted by Gasteiger charge is -2.32. The number of fused-ring (bicyclic) bond motifs is 1. The number of nitrogens with zero attached hydrogens (tertiary/aromatic N) is 2. The summed E-state index contributed by atoms with van der Waals surface area (Å²) in [6.45, 7) is 5.71. The van der Waals surface area contributed by atoms with E-state index in [9.17, 15) is 18.0 Å². The fourth-order valence-electron chi connectivity index (χ4n) is 4.85. The minimum Gasteiger partial charge on any atom is -0.482 e. The summed E-state index contributed by atoms with van der Waals surface area (Å²) in [5.41, 5.74) is 1.01. The zero-order chi connectivity index (χ0) is 23.4. The maximum atomic E-state index is 13.4. The van der Waals surface area contributed by atoms with Gasteiger partial charge < -0.3 is 20.3 Å². The van der Waals surface area contributed by atoms with Crippen molar-refractivity contribution in [1.29, 1.82) is 0 Å². The highest BCUT2D eigenvalue weighted by molar-refractivity contribution is 7.89. The summed E-state index contributed by atoms with van der Waals surface area (Å²) in [7, 11) is -3.80. The number of hydrogen-bond acceptors (Lipinski definition) is 6. The quantitative estimate of drug-likeness (QED) is 0.645. The van der Waals surface area contributed by atoms with Crippen LogP contribution in [0.25, 0.3) is 0 Å². The third-order valence-electron chi connectivity index (χ3n) is 6.71. The van der Waals surface area contributed by atoms with Crippen LogP contribution in [0.2, 0.25) is 0 Å². The molecule has 0 aliphatic carbocycles. The third-order valence-corrected chi connectivity index (χ3v) is 8.72. The van der Waals surface area contributed by atoms with Crippen LogP contribution >= 0.6 is 0 Å². The molecule has 0 radical (unpaired) electrons. The van der Waals surface area contributed by atoms with E-state index in [2.05, 4.69) is 15.5 Å². The summed E-state index contributed by atoms with van der Waals surface area (Å²) in [6.07, 6.45) is 6.30. The van der Waals surface area contributed by atoms with Crippen molar-refractivity contribution < 1.29 is 22.7 Å². The molecule has 1 aromatic carbocycles. The molecule has 3 aliphatic rings. The minimum absolute atomic E-state index is 0.0714. The van der Waals surface area contributed by atoms with Gasteiger partial charge in [0.05, 0.1) is 16.5 Å². The van der Waals surface area contributed by atoms with Gasteiger partial charge >= 0.3 is 0 Å². The van der Waals surface area contributed by atoms with E-state index in [1.807, 2.05) is 0 Å². The molecule has 2 amide bonds. The topological polar surface area (TPSA) is 108 Å². The highest BCUT2D eigenvalue weighted by Gasteiger charge is 2.35. The molecular formula is C23H34N4O5S. The number of amides is 2. The zero-order valence-corrected chi connectivity index (χ0v) is 20.1. The predicted molar refractivity (Wildman–Crippen MR) is 125 cm³/mol. The van der Waals surface area contributed by atoms with Crippen LogP contribution in [0.1, 0.15) is 44.1 Å². The molecule has 3 heterocycles. The second-order valence-corrected chi connectivity index (χ2v) is 11.1. The summed E-state index contributed by atoms with van der Waals surface area (Å²) >= 11 is 0. The van der Waals surface area contributed by atoms with E-state index in [1.54, 1.807) is 13.0 Å². The maximum Gasteiger partial charge on any atom is 0.262 e. The van der Waals surface area contributed by atoms with Crippen molar-refractivity contribution in [3.8, 4) is 5.75 Å². The summed E-state index contributed by atoms with van der Waals surface area (Å²) < 4.78 is 33.7. The Labute approximate surface area is 195 Å². The highest BCUT2D eigenvalue weighted by atomic mass is 32.2. The second kappa shape index (κ2) is 10.4. The van der Waals surface area contributed by atoms with Crippen molar-refractivity contribution >= 4 is 27.5 Å². The summed E-state index contributed by atoms with van der Waals surface area (Å²) in [4.78, 5) is 26.9. The Morgan fingerprint density at radius 3 is 2.67 bits per heavy atom. The van der Waals surface area contributed by atoms with Crippen LogP contribution in [0.5, 0.6) is 5.75 Å². The van der Waals surface area contributed by atoms with Crippen LogP contribution in [0.3, 0.4) is 0 Å². The monoisotopic (exact) mass is 478 g/mol. The predicted octanol–water partition coefficient (Wildman–Crippen LogP) is 1.72. The highest BCUT2D eigenvalue weighted by Crippen LogP contribution is 2.35. The number of carbonyl (C=O) groups excluding carboxylic acids is 2. The number of piperidine rings is 1. The fourth-order valence-corrected chi connectivity index (χ4v) is 6.59. The Morgan fingerprint density at radius 2 is 1.91 bits per heavy atom. The van der Waals surface area contributed by atoms with Crippen molar-refractivity contribution in [2.45, 2.75) is 50.3 Å². The number of nitrogens with one attached hydrogen (secondary N) is 2. The number of benzene rings is 1. The lowest BCUT2D eigenvalue weighted by molar-refractivity contribution is -0.126. The summed E-state index contributed by atoms with van der Waals surface area (Å²) in [5, 5.41) is 5.72. The largest absolute Gasteiger partial charge is 0.482 e. The molecule has 1 atom stereocenters. The first-order chi connectivity index (χ1) is 15.8. The van der Waals surface area contributed by atoms with Gasteiger partial charge in [-0.15, -0.1) is 0 Å². The van der Waals surface area contributed by atoms with Crippen molar-refractivity contribution in [1.82, 2.24) is 14.5 Å². The van der Waals surface area contributed by atoms with Gasteiger partial charge in [-0.25, -0.2) is 8.42 Å². The number of sulfonamides is 1. The molecule has 0 unspecified atom stereocenters. The van der Waals surface area contributed by atoms with Crippen molar-refractivity contribution in [3.63, 3.8) is 0 Å². The van der Waals surface area contributed by atoms with E-state index in [-0.39, 0.29) is 35.8 Å². The number of aryl methyl sites for hydroxylation is 1. The van der Waals surface area contributed by atoms with Gasteiger partial charge in [-0.1, -0.05) is 12.8 Å². The van der Waals surface area contributed by atoms with Gasteiger partial charge in [-0.3, -0.25) is 9.59 Å². The van der Waals surface area contributed by atoms with Gasteiger partial charge in [0, 0.05) is 32.2 Å². The van der Waals surface area contributed by atoms with E-state index in [0.717, 1.165) is 19.6 Å². The van der Waals surface area contributed by atoms with Gasteiger partial charge in [-0.2, -0.15) is 4.31 Å². The lowest BCUT2D eigenvalue weighted by Crippen LogP contribution is -2.46. The first kappa shape index (κ1) is 24.0. The maximum absolute atomic E-state index is 13.4. The van der Waals surface area contributed by atoms with E-state index in [4.69, 9.17) is 4.74 Å². The van der Waals surface area contributed by atoms with Crippen LogP contribution in [0.15, 0.2) is 17.0 Å². The Balaban J connectivity index is 1.38. The molecule has 0 bridgehead atoms. The number of hydrogen-bond donors (Lipinski definition) is 2. The molecule has 3 aliphatic heterocycles. The van der Waals surface area contributed by atoms with E-state index >= 15 is 0 Å². The van der Waals surface area contributed by atoms with Gasteiger partial charge in [0.25, 0.3) is 5.91 Å². The SMILES string of the molecule is Cc1cc2c(cc1S(=O)(=O)N1CCC[C@@H](C(=O)NCCN3CCCCCC3)C1)OCC(=O)N2. The van der Waals surface area contributed by atoms with Crippen LogP contribution in [-0.2, 0) is 19.6 Å². The molecule has 2 saturated heterocycles. The van der Waals surface area contributed by atoms with Crippen LogP contribution in [0, 0.1) is 12.8 Å². The molecule has 182 valence electrons. The molecule has 0 aromatic heterocycles. The molecule has 2 fully saturated rings. The smallest absolute Gasteiger partial charge is 0.262 e. The Kier molecular flexibility index (Phi) is 7.55. The van der Waals surface area contributed by atoms with E-state index < -0.39 is 10.0 Å². The Bertz CT molecular complexity index is 989. The minimum atomic E-state index is -3.80. The average molecular weight is 479 g/mol. The third kappa shape index (κ3) is 5.67. The zero-order valence-electron chi connectivity index (χ0n) is 19.3. The molecule has 0 spiro atoms. The van der Waals surface area contributed by atoms with Crippen molar-refractivity contribution in [3.05, 3.63) is 17.7 Å². The number of anilines is 1.